The number of hydrogen-bond donors (Lipinski definition) is 2. The summed E-state index contributed by atoms with van der Waals surface area (Å²) in [5, 5.41) is 17.2. The van der Waals surface area contributed by atoms with E-state index in [1.165, 1.54) is 24.4 Å². The zero-order chi connectivity index (χ0) is 18.4. The lowest BCUT2D eigenvalue weighted by atomic mass is 10.2. The Morgan fingerprint density at radius 3 is 2.64 bits per heavy atom. The first kappa shape index (κ1) is 18.1. The lowest BCUT2D eigenvalue weighted by Crippen LogP contribution is -2.32. The summed E-state index contributed by atoms with van der Waals surface area (Å²) >= 11 is 5.94. The molecule has 2 amide bonds. The smallest absolute Gasteiger partial charge is 0.317 e. The zero-order valence-electron chi connectivity index (χ0n) is 13.0. The SMILES string of the molecule is Cc1c(Cl)cccc1NC(=O)C(=O)N/N=C/c1cccc([N+](=O)[O-])c1. The van der Waals surface area contributed by atoms with Crippen LogP contribution >= 0.6 is 11.6 Å². The Labute approximate surface area is 147 Å². The topological polar surface area (TPSA) is 114 Å². The number of carbonyl (C=O) groups excluding carboxylic acids is 2. The second kappa shape index (κ2) is 8.02. The first-order chi connectivity index (χ1) is 11.9. The van der Waals surface area contributed by atoms with Crippen LogP contribution in [0.1, 0.15) is 11.1 Å². The Kier molecular flexibility index (Phi) is 5.80. The highest BCUT2D eigenvalue weighted by atomic mass is 35.5. The molecule has 2 aromatic rings. The molecule has 0 aliphatic rings. The third-order valence-corrected chi connectivity index (χ3v) is 3.59. The van der Waals surface area contributed by atoms with Gasteiger partial charge in [-0.15, -0.1) is 0 Å². The summed E-state index contributed by atoms with van der Waals surface area (Å²) in [6, 6.07) is 10.6. The highest BCUT2D eigenvalue weighted by Gasteiger charge is 2.14. The molecule has 0 heterocycles. The van der Waals surface area contributed by atoms with Crippen LogP contribution in [-0.4, -0.2) is 23.0 Å². The molecule has 0 fully saturated rings. The molecule has 0 atom stereocenters. The van der Waals surface area contributed by atoms with Crippen LogP contribution in [0.2, 0.25) is 5.02 Å². The van der Waals surface area contributed by atoms with Crippen LogP contribution < -0.4 is 10.7 Å². The Morgan fingerprint density at radius 1 is 1.20 bits per heavy atom. The number of rotatable bonds is 4. The van der Waals surface area contributed by atoms with Gasteiger partial charge < -0.3 is 5.32 Å². The highest BCUT2D eigenvalue weighted by Crippen LogP contribution is 2.22. The van der Waals surface area contributed by atoms with Crippen LogP contribution in [0, 0.1) is 17.0 Å². The predicted molar refractivity (Wildman–Crippen MR) is 93.7 cm³/mol. The molecule has 0 saturated heterocycles. The van der Waals surface area contributed by atoms with Crippen molar-refractivity contribution in [2.75, 3.05) is 5.32 Å². The molecule has 0 saturated carbocycles. The maximum atomic E-state index is 11.8. The number of nitro groups is 1. The van der Waals surface area contributed by atoms with E-state index >= 15 is 0 Å². The quantitative estimate of drug-likeness (QED) is 0.377. The summed E-state index contributed by atoms with van der Waals surface area (Å²) in [7, 11) is 0. The minimum absolute atomic E-state index is 0.107. The zero-order valence-corrected chi connectivity index (χ0v) is 13.8. The number of anilines is 1. The predicted octanol–water partition coefficient (Wildman–Crippen LogP) is 2.65. The van der Waals surface area contributed by atoms with E-state index in [4.69, 9.17) is 11.6 Å². The molecule has 0 aliphatic carbocycles. The monoisotopic (exact) mass is 360 g/mol. The molecule has 2 aromatic carbocycles. The van der Waals surface area contributed by atoms with Crippen LogP contribution in [0.25, 0.3) is 0 Å². The first-order valence-corrected chi connectivity index (χ1v) is 7.40. The number of halogens is 1. The lowest BCUT2D eigenvalue weighted by molar-refractivity contribution is -0.384. The van der Waals surface area contributed by atoms with Crippen molar-refractivity contribution in [3.8, 4) is 0 Å². The van der Waals surface area contributed by atoms with Crippen LogP contribution in [0.3, 0.4) is 0 Å². The number of nitrogens with zero attached hydrogens (tertiary/aromatic N) is 2. The number of carbonyl (C=O) groups is 2. The fraction of sp³-hybridized carbons (Fsp3) is 0.0625. The molecule has 25 heavy (non-hydrogen) atoms. The summed E-state index contributed by atoms with van der Waals surface area (Å²) in [4.78, 5) is 33.7. The second-order valence-electron chi connectivity index (χ2n) is 4.92. The van der Waals surface area contributed by atoms with E-state index in [9.17, 15) is 19.7 Å². The normalized spacial score (nSPS) is 10.5. The molecule has 0 aliphatic heterocycles. The molecule has 2 N–H and O–H groups in total. The summed E-state index contributed by atoms with van der Waals surface area (Å²) < 4.78 is 0. The first-order valence-electron chi connectivity index (χ1n) is 7.02. The molecule has 0 spiro atoms. The number of non-ortho nitro benzene ring substituents is 1. The Hall–Kier alpha value is -3.26. The molecule has 0 bridgehead atoms. The summed E-state index contributed by atoms with van der Waals surface area (Å²) in [5.74, 6) is -1.90. The van der Waals surface area contributed by atoms with Crippen LogP contribution in [0.5, 0.6) is 0 Å². The minimum Gasteiger partial charge on any atom is -0.317 e. The van der Waals surface area contributed by atoms with E-state index in [-0.39, 0.29) is 5.69 Å². The minimum atomic E-state index is -0.985. The van der Waals surface area contributed by atoms with Gasteiger partial charge in [0.05, 0.1) is 11.1 Å². The number of hydrazone groups is 1. The van der Waals surface area contributed by atoms with E-state index in [1.807, 2.05) is 5.43 Å². The van der Waals surface area contributed by atoms with E-state index in [2.05, 4.69) is 10.4 Å². The van der Waals surface area contributed by atoms with Gasteiger partial charge in [-0.3, -0.25) is 19.7 Å². The lowest BCUT2D eigenvalue weighted by Gasteiger charge is -2.08. The van der Waals surface area contributed by atoms with Gasteiger partial charge in [0.15, 0.2) is 0 Å². The maximum absolute atomic E-state index is 11.8. The van der Waals surface area contributed by atoms with Crippen LogP contribution in [0.4, 0.5) is 11.4 Å². The Bertz CT molecular complexity index is 867. The maximum Gasteiger partial charge on any atom is 0.329 e. The molecule has 0 aromatic heterocycles. The number of hydrogen-bond acceptors (Lipinski definition) is 5. The summed E-state index contributed by atoms with van der Waals surface area (Å²) in [6.45, 7) is 1.70. The number of nitrogens with one attached hydrogen (secondary N) is 2. The van der Waals surface area contributed by atoms with Crippen molar-refractivity contribution in [2.45, 2.75) is 6.92 Å². The van der Waals surface area contributed by atoms with Gasteiger partial charge in [0, 0.05) is 28.4 Å². The molecule has 2 rings (SSSR count). The molecule has 0 radical (unpaired) electrons. The molecular weight excluding hydrogens is 348 g/mol. The standard InChI is InChI=1S/C16H13ClN4O4/c1-10-13(17)6-3-7-14(10)19-15(22)16(23)20-18-9-11-4-2-5-12(8-11)21(24)25/h2-9H,1H3,(H,19,22)(H,20,23)/b18-9+. The van der Waals surface area contributed by atoms with Crippen molar-refractivity contribution in [1.82, 2.24) is 5.43 Å². The number of nitro benzene ring substituents is 1. The number of benzene rings is 2. The van der Waals surface area contributed by atoms with Gasteiger partial charge in [0.25, 0.3) is 5.69 Å². The molecule has 128 valence electrons. The number of amides is 2. The van der Waals surface area contributed by atoms with Gasteiger partial charge in [0.2, 0.25) is 0 Å². The van der Waals surface area contributed by atoms with Gasteiger partial charge in [-0.25, -0.2) is 5.43 Å². The van der Waals surface area contributed by atoms with Crippen molar-refractivity contribution in [3.05, 3.63) is 68.7 Å². The van der Waals surface area contributed by atoms with Crippen molar-refractivity contribution < 1.29 is 14.5 Å². The van der Waals surface area contributed by atoms with Gasteiger partial charge in [-0.2, -0.15) is 5.10 Å². The Balaban J connectivity index is 1.97. The Morgan fingerprint density at radius 2 is 1.92 bits per heavy atom. The average Bonchev–Trinajstić information content (AvgIpc) is 2.59. The van der Waals surface area contributed by atoms with Crippen LogP contribution in [0.15, 0.2) is 47.6 Å². The van der Waals surface area contributed by atoms with Crippen LogP contribution in [-0.2, 0) is 9.59 Å². The van der Waals surface area contributed by atoms with Gasteiger partial charge in [-0.05, 0) is 24.6 Å². The van der Waals surface area contributed by atoms with E-state index < -0.39 is 16.7 Å². The molecule has 9 heteroatoms. The van der Waals surface area contributed by atoms with Gasteiger partial charge >= 0.3 is 11.8 Å². The molecule has 8 nitrogen and oxygen atoms in total. The third-order valence-electron chi connectivity index (χ3n) is 3.18. The average molecular weight is 361 g/mol. The fourth-order valence-electron chi connectivity index (χ4n) is 1.86. The van der Waals surface area contributed by atoms with Crippen molar-refractivity contribution in [1.29, 1.82) is 0 Å². The molecular formula is C16H13ClN4O4. The largest absolute Gasteiger partial charge is 0.329 e. The summed E-state index contributed by atoms with van der Waals surface area (Å²) in [5.41, 5.74) is 3.39. The third kappa shape index (κ3) is 4.85. The van der Waals surface area contributed by atoms with Crippen molar-refractivity contribution >= 4 is 41.0 Å². The second-order valence-corrected chi connectivity index (χ2v) is 5.32. The van der Waals surface area contributed by atoms with Gasteiger partial charge in [0.1, 0.15) is 0 Å². The van der Waals surface area contributed by atoms with E-state index in [1.54, 1.807) is 31.2 Å². The fourth-order valence-corrected chi connectivity index (χ4v) is 2.03. The van der Waals surface area contributed by atoms with E-state index in [0.29, 0.717) is 21.8 Å². The van der Waals surface area contributed by atoms with Crippen molar-refractivity contribution in [2.24, 2.45) is 5.10 Å². The van der Waals surface area contributed by atoms with Crippen molar-refractivity contribution in [3.63, 3.8) is 0 Å². The highest BCUT2D eigenvalue weighted by molar-refractivity contribution is 6.40. The van der Waals surface area contributed by atoms with Gasteiger partial charge in [-0.1, -0.05) is 29.8 Å². The molecule has 0 unspecified atom stereocenters. The van der Waals surface area contributed by atoms with E-state index in [0.717, 1.165) is 0 Å². The summed E-state index contributed by atoms with van der Waals surface area (Å²) in [6.07, 6.45) is 1.20.